The maximum absolute atomic E-state index is 12.9. The van der Waals surface area contributed by atoms with Gasteiger partial charge in [0, 0.05) is 32.1 Å². The van der Waals surface area contributed by atoms with Gasteiger partial charge in [-0.2, -0.15) is 0 Å². The molecule has 4 rings (SSSR count). The molecule has 1 atom stereocenters. The van der Waals surface area contributed by atoms with Crippen LogP contribution >= 0.6 is 11.3 Å². The van der Waals surface area contributed by atoms with Crippen molar-refractivity contribution >= 4 is 22.4 Å². The maximum atomic E-state index is 12.9. The molecule has 0 bridgehead atoms. The van der Waals surface area contributed by atoms with Crippen LogP contribution in [0.5, 0.6) is 5.75 Å². The van der Waals surface area contributed by atoms with Crippen LogP contribution in [0.15, 0.2) is 24.3 Å². The molecule has 0 radical (unpaired) electrons. The number of amides is 1. The second kappa shape index (κ2) is 9.98. The molecule has 168 valence electrons. The molecule has 7 heteroatoms. The topological polar surface area (TPSA) is 58.6 Å². The summed E-state index contributed by atoms with van der Waals surface area (Å²) in [5.74, 6) is 1.87. The highest BCUT2D eigenvalue weighted by molar-refractivity contribution is 7.15. The van der Waals surface area contributed by atoms with Crippen molar-refractivity contribution in [2.24, 2.45) is 0 Å². The zero-order valence-electron chi connectivity index (χ0n) is 18.9. The number of hydrogen-bond donors (Lipinski definition) is 0. The average molecular weight is 443 g/mol. The van der Waals surface area contributed by atoms with Crippen LogP contribution in [0, 0.1) is 0 Å². The number of rotatable bonds is 6. The second-order valence-corrected chi connectivity index (χ2v) is 10.0. The van der Waals surface area contributed by atoms with Crippen LogP contribution in [-0.2, 0) is 4.79 Å². The quantitative estimate of drug-likeness (QED) is 0.642. The van der Waals surface area contributed by atoms with Gasteiger partial charge in [0.05, 0.1) is 0 Å². The Bertz CT molecular complexity index is 853. The second-order valence-electron chi connectivity index (χ2n) is 9.05. The third-order valence-electron chi connectivity index (χ3n) is 6.45. The van der Waals surface area contributed by atoms with Gasteiger partial charge in [-0.3, -0.25) is 4.79 Å². The van der Waals surface area contributed by atoms with E-state index in [0.29, 0.717) is 24.9 Å². The van der Waals surface area contributed by atoms with Gasteiger partial charge in [0.25, 0.3) is 5.91 Å². The zero-order chi connectivity index (χ0) is 21.8. The lowest BCUT2D eigenvalue weighted by atomic mass is 9.90. The molecule has 0 spiro atoms. The summed E-state index contributed by atoms with van der Waals surface area (Å²) in [5.41, 5.74) is 1.27. The normalized spacial score (nSPS) is 19.0. The van der Waals surface area contributed by atoms with Crippen molar-refractivity contribution in [2.75, 3.05) is 31.1 Å². The monoisotopic (exact) mass is 442 g/mol. The molecule has 6 nitrogen and oxygen atoms in total. The summed E-state index contributed by atoms with van der Waals surface area (Å²) >= 11 is 1.74. The van der Waals surface area contributed by atoms with Crippen LogP contribution in [0.3, 0.4) is 0 Å². The zero-order valence-corrected chi connectivity index (χ0v) is 19.7. The Morgan fingerprint density at radius 3 is 2.32 bits per heavy atom. The highest BCUT2D eigenvalue weighted by atomic mass is 32.1. The standard InChI is InChI=1S/C24H34N4O2S/c1-17(2)19-9-11-21(12-10-19)30-18(3)23(29)27-13-15-28(16-14-27)24-26-25-22(31-24)20-7-5-4-6-8-20/h9-12,17-18,20H,4-8,13-16H2,1-3H3. The van der Waals surface area contributed by atoms with Gasteiger partial charge in [0.15, 0.2) is 6.10 Å². The molecule has 0 N–H and O–H groups in total. The molecule has 2 fully saturated rings. The average Bonchev–Trinajstić information content (AvgIpc) is 3.30. The van der Waals surface area contributed by atoms with Crippen molar-refractivity contribution in [1.29, 1.82) is 0 Å². The summed E-state index contributed by atoms with van der Waals surface area (Å²) in [4.78, 5) is 17.1. The summed E-state index contributed by atoms with van der Waals surface area (Å²) in [7, 11) is 0. The maximum Gasteiger partial charge on any atom is 0.263 e. The lowest BCUT2D eigenvalue weighted by molar-refractivity contribution is -0.138. The fraction of sp³-hybridized carbons (Fsp3) is 0.625. The van der Waals surface area contributed by atoms with E-state index in [2.05, 4.69) is 41.1 Å². The van der Waals surface area contributed by atoms with Crippen LogP contribution in [0.1, 0.15) is 75.3 Å². The summed E-state index contributed by atoms with van der Waals surface area (Å²) in [6.45, 7) is 9.14. The highest BCUT2D eigenvalue weighted by Gasteiger charge is 2.28. The fourth-order valence-corrected chi connectivity index (χ4v) is 5.49. The van der Waals surface area contributed by atoms with Crippen molar-refractivity contribution in [3.8, 4) is 5.75 Å². The van der Waals surface area contributed by atoms with E-state index in [1.165, 1.54) is 42.7 Å². The van der Waals surface area contributed by atoms with Crippen LogP contribution in [0.4, 0.5) is 5.13 Å². The molecule has 1 aromatic carbocycles. The Labute approximate surface area is 189 Å². The van der Waals surface area contributed by atoms with Gasteiger partial charge >= 0.3 is 0 Å². The van der Waals surface area contributed by atoms with E-state index in [0.717, 1.165) is 24.0 Å². The molecule has 2 heterocycles. The molecule has 2 aromatic rings. The first-order valence-electron chi connectivity index (χ1n) is 11.6. The van der Waals surface area contributed by atoms with Crippen LogP contribution in [0.2, 0.25) is 0 Å². The molecule has 1 saturated heterocycles. The third-order valence-corrected chi connectivity index (χ3v) is 7.60. The minimum atomic E-state index is -0.490. The number of anilines is 1. The predicted molar refractivity (Wildman–Crippen MR) is 125 cm³/mol. The van der Waals surface area contributed by atoms with E-state index in [9.17, 15) is 4.79 Å². The Balaban J connectivity index is 1.28. The van der Waals surface area contributed by atoms with Crippen LogP contribution in [-0.4, -0.2) is 53.3 Å². The smallest absolute Gasteiger partial charge is 0.263 e. The van der Waals surface area contributed by atoms with Gasteiger partial charge in [-0.25, -0.2) is 0 Å². The lowest BCUT2D eigenvalue weighted by Gasteiger charge is -2.35. The van der Waals surface area contributed by atoms with E-state index in [1.807, 2.05) is 24.0 Å². The molecule has 1 unspecified atom stereocenters. The summed E-state index contributed by atoms with van der Waals surface area (Å²) in [5, 5.41) is 11.1. The third kappa shape index (κ3) is 5.37. The predicted octanol–water partition coefficient (Wildman–Crippen LogP) is 4.83. The fourth-order valence-electron chi connectivity index (χ4n) is 4.43. The Hall–Kier alpha value is -2.15. The first-order valence-corrected chi connectivity index (χ1v) is 12.5. The van der Waals surface area contributed by atoms with E-state index < -0.39 is 6.10 Å². The summed E-state index contributed by atoms with van der Waals surface area (Å²) < 4.78 is 5.92. The van der Waals surface area contributed by atoms with E-state index >= 15 is 0 Å². The number of carbonyl (C=O) groups is 1. The molecule has 1 saturated carbocycles. The lowest BCUT2D eigenvalue weighted by Crippen LogP contribution is -2.52. The van der Waals surface area contributed by atoms with Crippen LogP contribution in [0.25, 0.3) is 0 Å². The van der Waals surface area contributed by atoms with Gasteiger partial charge in [-0.15, -0.1) is 10.2 Å². The van der Waals surface area contributed by atoms with Crippen molar-refractivity contribution in [3.05, 3.63) is 34.8 Å². The minimum absolute atomic E-state index is 0.0488. The largest absolute Gasteiger partial charge is 0.481 e. The SMILES string of the molecule is CC(Oc1ccc(C(C)C)cc1)C(=O)N1CCN(c2nnc(C3CCCCC3)s2)CC1. The van der Waals surface area contributed by atoms with Crippen molar-refractivity contribution in [1.82, 2.24) is 15.1 Å². The number of nitrogens with zero attached hydrogens (tertiary/aromatic N) is 4. The molecule has 1 aliphatic heterocycles. The molecule has 1 amide bonds. The molecular formula is C24H34N4O2S. The van der Waals surface area contributed by atoms with Gasteiger partial charge in [-0.1, -0.05) is 56.6 Å². The Morgan fingerprint density at radius 1 is 1.00 bits per heavy atom. The molecule has 2 aliphatic rings. The van der Waals surface area contributed by atoms with Crippen molar-refractivity contribution in [3.63, 3.8) is 0 Å². The first-order chi connectivity index (χ1) is 15.0. The first kappa shape index (κ1) is 22.1. The molecule has 1 aromatic heterocycles. The van der Waals surface area contributed by atoms with Gasteiger partial charge < -0.3 is 14.5 Å². The van der Waals surface area contributed by atoms with Crippen LogP contribution < -0.4 is 9.64 Å². The minimum Gasteiger partial charge on any atom is -0.481 e. The molecular weight excluding hydrogens is 408 g/mol. The van der Waals surface area contributed by atoms with E-state index in [-0.39, 0.29) is 5.91 Å². The summed E-state index contributed by atoms with van der Waals surface area (Å²) in [6, 6.07) is 8.05. The highest BCUT2D eigenvalue weighted by Crippen LogP contribution is 2.36. The van der Waals surface area contributed by atoms with Crippen molar-refractivity contribution < 1.29 is 9.53 Å². The number of carbonyl (C=O) groups excluding carboxylic acids is 1. The number of piperazine rings is 1. The molecule has 31 heavy (non-hydrogen) atoms. The van der Waals surface area contributed by atoms with E-state index in [4.69, 9.17) is 4.74 Å². The van der Waals surface area contributed by atoms with Crippen molar-refractivity contribution in [2.45, 2.75) is 70.8 Å². The summed E-state index contributed by atoms with van der Waals surface area (Å²) in [6.07, 6.45) is 5.97. The van der Waals surface area contributed by atoms with Gasteiger partial charge in [-0.05, 0) is 43.4 Å². The Morgan fingerprint density at radius 2 is 1.68 bits per heavy atom. The number of benzene rings is 1. The molecule has 1 aliphatic carbocycles. The Kier molecular flexibility index (Phi) is 7.10. The number of aromatic nitrogens is 2. The van der Waals surface area contributed by atoms with Gasteiger partial charge in [0.2, 0.25) is 5.13 Å². The van der Waals surface area contributed by atoms with E-state index in [1.54, 1.807) is 11.3 Å². The number of hydrogen-bond acceptors (Lipinski definition) is 6. The van der Waals surface area contributed by atoms with Gasteiger partial charge in [0.1, 0.15) is 10.8 Å². The number of ether oxygens (including phenoxy) is 1.